The van der Waals surface area contributed by atoms with Gasteiger partial charge in [0.05, 0.1) is 34.9 Å². The molecule has 132 valence electrons. The van der Waals surface area contributed by atoms with Crippen molar-refractivity contribution in [2.24, 2.45) is 0 Å². The first kappa shape index (κ1) is 17.7. The van der Waals surface area contributed by atoms with E-state index < -0.39 is 4.92 Å². The number of hydrogen-bond donors (Lipinski definition) is 1. The number of nitro benzene ring substituents is 1. The van der Waals surface area contributed by atoms with E-state index in [4.69, 9.17) is 16.3 Å². The first-order valence-electron chi connectivity index (χ1n) is 8.19. The van der Waals surface area contributed by atoms with Gasteiger partial charge in [-0.3, -0.25) is 15.0 Å². The molecular weight excluding hydrogens is 342 g/mol. The molecule has 0 bridgehead atoms. The Hall–Kier alpha value is -2.15. The third kappa shape index (κ3) is 4.69. The smallest absolute Gasteiger partial charge is 0.271 e. The van der Waals surface area contributed by atoms with Crippen LogP contribution in [-0.4, -0.2) is 42.7 Å². The van der Waals surface area contributed by atoms with Gasteiger partial charge in [-0.25, -0.2) is 0 Å². The van der Waals surface area contributed by atoms with Gasteiger partial charge in [0.25, 0.3) is 5.69 Å². The van der Waals surface area contributed by atoms with Crippen molar-refractivity contribution in [3.63, 3.8) is 0 Å². The van der Waals surface area contributed by atoms with Crippen LogP contribution < -0.4 is 5.32 Å². The van der Waals surface area contributed by atoms with Gasteiger partial charge in [-0.05, 0) is 11.6 Å². The van der Waals surface area contributed by atoms with Crippen molar-refractivity contribution in [3.05, 3.63) is 69.2 Å². The van der Waals surface area contributed by atoms with E-state index in [-0.39, 0.29) is 11.7 Å². The lowest BCUT2D eigenvalue weighted by molar-refractivity contribution is -0.384. The lowest BCUT2D eigenvalue weighted by Crippen LogP contribution is -2.40. The van der Waals surface area contributed by atoms with Gasteiger partial charge in [0.1, 0.15) is 0 Å². The molecular formula is C18H20ClN3O3. The van der Waals surface area contributed by atoms with E-state index in [9.17, 15) is 10.1 Å². The summed E-state index contributed by atoms with van der Waals surface area (Å²) in [5.41, 5.74) is 1.82. The largest absolute Gasteiger partial charge is 0.379 e. The maximum Gasteiger partial charge on any atom is 0.271 e. The molecule has 1 heterocycles. The summed E-state index contributed by atoms with van der Waals surface area (Å²) in [5.74, 6) is 0. The van der Waals surface area contributed by atoms with Crippen molar-refractivity contribution >= 4 is 23.0 Å². The fraction of sp³-hybridized carbons (Fsp3) is 0.333. The molecule has 1 aliphatic rings. The van der Waals surface area contributed by atoms with Crippen LogP contribution in [0.15, 0.2) is 48.5 Å². The highest BCUT2D eigenvalue weighted by atomic mass is 35.5. The highest BCUT2D eigenvalue weighted by molar-refractivity contribution is 6.33. The van der Waals surface area contributed by atoms with E-state index >= 15 is 0 Å². The van der Waals surface area contributed by atoms with E-state index in [1.807, 2.05) is 18.2 Å². The molecule has 0 aliphatic carbocycles. The Labute approximate surface area is 151 Å². The number of halogens is 1. The van der Waals surface area contributed by atoms with Crippen LogP contribution in [0.3, 0.4) is 0 Å². The zero-order chi connectivity index (χ0) is 17.6. The summed E-state index contributed by atoms with van der Waals surface area (Å²) < 4.78 is 5.41. The van der Waals surface area contributed by atoms with Crippen molar-refractivity contribution in [1.82, 2.24) is 4.90 Å². The molecule has 1 unspecified atom stereocenters. The molecule has 2 aromatic carbocycles. The van der Waals surface area contributed by atoms with Crippen molar-refractivity contribution in [2.75, 3.05) is 38.2 Å². The Kier molecular flexibility index (Phi) is 5.86. The standard InChI is InChI=1S/C18H20ClN3O3/c19-16-12-15(22(23)24)6-7-17(16)20-18(14-4-2-1-3-5-14)13-21-8-10-25-11-9-21/h1-7,12,18,20H,8-11,13H2. The fourth-order valence-corrected chi connectivity index (χ4v) is 3.11. The normalized spacial score (nSPS) is 16.4. The second kappa shape index (κ2) is 8.29. The molecule has 2 aromatic rings. The Balaban J connectivity index is 1.80. The van der Waals surface area contributed by atoms with Gasteiger partial charge >= 0.3 is 0 Å². The second-order valence-corrected chi connectivity index (χ2v) is 6.35. The highest BCUT2D eigenvalue weighted by Gasteiger charge is 2.20. The molecule has 1 saturated heterocycles. The molecule has 0 aromatic heterocycles. The van der Waals surface area contributed by atoms with Crippen molar-refractivity contribution in [3.8, 4) is 0 Å². The SMILES string of the molecule is O=[N+]([O-])c1ccc(NC(CN2CCOCC2)c2ccccc2)c(Cl)c1. The molecule has 1 aliphatic heterocycles. The summed E-state index contributed by atoms with van der Waals surface area (Å²) in [6.07, 6.45) is 0. The monoisotopic (exact) mass is 361 g/mol. The topological polar surface area (TPSA) is 67.6 Å². The Morgan fingerprint density at radius 2 is 1.92 bits per heavy atom. The first-order valence-corrected chi connectivity index (χ1v) is 8.57. The maximum atomic E-state index is 10.9. The first-order chi connectivity index (χ1) is 12.1. The number of nitrogens with one attached hydrogen (secondary N) is 1. The van der Waals surface area contributed by atoms with E-state index in [1.165, 1.54) is 12.1 Å². The molecule has 3 rings (SSSR count). The van der Waals surface area contributed by atoms with E-state index in [2.05, 4.69) is 22.3 Å². The molecule has 1 fully saturated rings. The van der Waals surface area contributed by atoms with Gasteiger partial charge in [-0.15, -0.1) is 0 Å². The number of rotatable bonds is 6. The zero-order valence-corrected chi connectivity index (χ0v) is 14.5. The lowest BCUT2D eigenvalue weighted by atomic mass is 10.1. The number of nitrogens with zero attached hydrogens (tertiary/aromatic N) is 2. The fourth-order valence-electron chi connectivity index (χ4n) is 2.88. The molecule has 1 atom stereocenters. The highest BCUT2D eigenvalue weighted by Crippen LogP contribution is 2.30. The molecule has 25 heavy (non-hydrogen) atoms. The van der Waals surface area contributed by atoms with E-state index in [1.54, 1.807) is 6.07 Å². The predicted molar refractivity (Wildman–Crippen MR) is 98.2 cm³/mol. The van der Waals surface area contributed by atoms with Gasteiger partial charge in [0.2, 0.25) is 0 Å². The van der Waals surface area contributed by atoms with Crippen LogP contribution in [-0.2, 0) is 4.74 Å². The third-order valence-electron chi connectivity index (χ3n) is 4.24. The number of nitro groups is 1. The van der Waals surface area contributed by atoms with Crippen LogP contribution in [0.2, 0.25) is 5.02 Å². The molecule has 1 N–H and O–H groups in total. The van der Waals surface area contributed by atoms with Gasteiger partial charge < -0.3 is 10.1 Å². The number of anilines is 1. The molecule has 0 spiro atoms. The minimum absolute atomic E-state index is 0.0139. The van der Waals surface area contributed by atoms with Gasteiger partial charge in [0.15, 0.2) is 0 Å². The van der Waals surface area contributed by atoms with Crippen LogP contribution >= 0.6 is 11.6 Å². The van der Waals surface area contributed by atoms with E-state index in [0.29, 0.717) is 10.7 Å². The summed E-state index contributed by atoms with van der Waals surface area (Å²) in [4.78, 5) is 12.8. The molecule has 7 heteroatoms. The average molecular weight is 362 g/mol. The minimum atomic E-state index is -0.446. The van der Waals surface area contributed by atoms with Gasteiger partial charge in [0, 0.05) is 31.8 Å². The van der Waals surface area contributed by atoms with Gasteiger partial charge in [-0.2, -0.15) is 0 Å². The van der Waals surface area contributed by atoms with Crippen LogP contribution in [0, 0.1) is 10.1 Å². The summed E-state index contributed by atoms with van der Waals surface area (Å²) >= 11 is 6.25. The summed E-state index contributed by atoms with van der Waals surface area (Å²) in [5, 5.41) is 14.7. The summed E-state index contributed by atoms with van der Waals surface area (Å²) in [6.45, 7) is 4.05. The molecule has 0 amide bonds. The van der Waals surface area contributed by atoms with Gasteiger partial charge in [-0.1, -0.05) is 41.9 Å². The number of hydrogen-bond acceptors (Lipinski definition) is 5. The van der Waals surface area contributed by atoms with Crippen LogP contribution in [0.4, 0.5) is 11.4 Å². The average Bonchev–Trinajstić information content (AvgIpc) is 2.64. The molecule has 0 radical (unpaired) electrons. The Morgan fingerprint density at radius 3 is 2.56 bits per heavy atom. The molecule has 0 saturated carbocycles. The predicted octanol–water partition coefficient (Wildman–Crippen LogP) is 3.73. The van der Waals surface area contributed by atoms with Crippen molar-refractivity contribution in [2.45, 2.75) is 6.04 Å². The molecule has 6 nitrogen and oxygen atoms in total. The van der Waals surface area contributed by atoms with Crippen molar-refractivity contribution < 1.29 is 9.66 Å². The van der Waals surface area contributed by atoms with Crippen LogP contribution in [0.1, 0.15) is 11.6 Å². The maximum absolute atomic E-state index is 10.9. The third-order valence-corrected chi connectivity index (χ3v) is 4.55. The van der Waals surface area contributed by atoms with E-state index in [0.717, 1.165) is 38.4 Å². The van der Waals surface area contributed by atoms with Crippen LogP contribution in [0.5, 0.6) is 0 Å². The van der Waals surface area contributed by atoms with Crippen LogP contribution in [0.25, 0.3) is 0 Å². The lowest BCUT2D eigenvalue weighted by Gasteiger charge is -2.31. The second-order valence-electron chi connectivity index (χ2n) is 5.94. The number of ether oxygens (including phenoxy) is 1. The number of non-ortho nitro benzene ring substituents is 1. The minimum Gasteiger partial charge on any atom is -0.379 e. The zero-order valence-electron chi connectivity index (χ0n) is 13.7. The Morgan fingerprint density at radius 1 is 1.20 bits per heavy atom. The summed E-state index contributed by atoms with van der Waals surface area (Å²) in [6, 6.07) is 14.6. The summed E-state index contributed by atoms with van der Waals surface area (Å²) in [7, 11) is 0. The Bertz CT molecular complexity index is 721. The quantitative estimate of drug-likeness (QED) is 0.627. The number of benzene rings is 2. The number of morpholine rings is 1. The van der Waals surface area contributed by atoms with Crippen molar-refractivity contribution in [1.29, 1.82) is 0 Å².